The molecule has 2 aromatic rings. The first-order chi connectivity index (χ1) is 19.3. The van der Waals surface area contributed by atoms with Gasteiger partial charge in [-0.25, -0.2) is 9.18 Å². The van der Waals surface area contributed by atoms with Crippen molar-refractivity contribution in [1.82, 2.24) is 14.4 Å². The van der Waals surface area contributed by atoms with E-state index in [-0.39, 0.29) is 10.6 Å². The number of benzene rings is 1. The maximum atomic E-state index is 15.4. The van der Waals surface area contributed by atoms with Crippen LogP contribution in [0.1, 0.15) is 20.1 Å². The third kappa shape index (κ3) is 7.52. The molecule has 2 heterocycles. The molecule has 2 unspecified atom stereocenters. The fraction of sp³-hybridized carbons (Fsp3) is 0.500. The molecule has 232 valence electrons. The molecule has 6 atom stereocenters. The molecule has 0 radical (unpaired) electrons. The predicted molar refractivity (Wildman–Crippen MR) is 125 cm³/mol. The Morgan fingerprint density at radius 2 is 1.76 bits per heavy atom. The lowest BCUT2D eigenvalue weighted by Crippen LogP contribution is -2.49. The van der Waals surface area contributed by atoms with E-state index >= 15 is 4.39 Å². The van der Waals surface area contributed by atoms with E-state index in [0.29, 0.717) is 11.5 Å². The second kappa shape index (κ2) is 12.5. The van der Waals surface area contributed by atoms with E-state index in [9.17, 15) is 50.4 Å². The number of hydroxylamine groups is 1. The van der Waals surface area contributed by atoms with E-state index in [1.165, 1.54) is 30.3 Å². The first-order valence-corrected chi connectivity index (χ1v) is 12.8. The predicted octanol–water partition coefficient (Wildman–Crippen LogP) is 2.92. The summed E-state index contributed by atoms with van der Waals surface area (Å²) in [5, 5.41) is 10.4. The van der Waals surface area contributed by atoms with Crippen molar-refractivity contribution >= 4 is 14.1 Å². The van der Waals surface area contributed by atoms with Gasteiger partial charge < -0.3 is 19.4 Å². The van der Waals surface area contributed by atoms with E-state index in [0.717, 1.165) is 19.2 Å². The fourth-order valence-corrected chi connectivity index (χ4v) is 4.55. The van der Waals surface area contributed by atoms with Crippen molar-refractivity contribution in [3.63, 3.8) is 0 Å². The molecular formula is C22H22F7N3O9P+. The number of aromatic nitrogens is 2. The molecule has 3 rings (SSSR count). The van der Waals surface area contributed by atoms with Gasteiger partial charge in [-0.1, -0.05) is 18.2 Å². The Labute approximate surface area is 231 Å². The Balaban J connectivity index is 1.80. The van der Waals surface area contributed by atoms with Crippen molar-refractivity contribution in [2.75, 3.05) is 6.61 Å². The number of hydrogen-bond donors (Lipinski definition) is 2. The highest BCUT2D eigenvalue weighted by molar-refractivity contribution is 7.36. The summed E-state index contributed by atoms with van der Waals surface area (Å²) in [5.41, 5.74) is -4.60. The Kier molecular flexibility index (Phi) is 9.83. The lowest BCUT2D eigenvalue weighted by atomic mass is 9.98. The van der Waals surface area contributed by atoms with Crippen LogP contribution in [0, 0.1) is 0 Å². The summed E-state index contributed by atoms with van der Waals surface area (Å²) in [6.45, 7) is 0.610. The van der Waals surface area contributed by atoms with Crippen LogP contribution >= 0.6 is 8.18 Å². The van der Waals surface area contributed by atoms with Crippen LogP contribution in [-0.2, 0) is 23.4 Å². The lowest BCUT2D eigenvalue weighted by Gasteiger charge is -2.25. The van der Waals surface area contributed by atoms with Gasteiger partial charge in [-0.2, -0.15) is 26.3 Å². The normalized spacial score (nSPS) is 24.1. The summed E-state index contributed by atoms with van der Waals surface area (Å²) < 4.78 is 120. The van der Waals surface area contributed by atoms with Crippen molar-refractivity contribution in [1.29, 1.82) is 0 Å². The Hall–Kier alpha value is -3.38. The van der Waals surface area contributed by atoms with Gasteiger partial charge in [0.1, 0.15) is 23.6 Å². The number of alkyl halides is 7. The molecule has 1 aromatic heterocycles. The number of carbonyl (C=O) groups is 1. The monoisotopic (exact) mass is 636 g/mol. The van der Waals surface area contributed by atoms with Gasteiger partial charge in [0.2, 0.25) is 0 Å². The molecule has 1 saturated heterocycles. The largest absolute Gasteiger partial charge is 0.653 e. The number of para-hydroxylation sites is 1. The number of hydrogen-bond acceptors (Lipinski definition) is 9. The highest BCUT2D eigenvalue weighted by Gasteiger charge is 2.61. The highest BCUT2D eigenvalue weighted by Crippen LogP contribution is 2.43. The molecule has 1 fully saturated rings. The van der Waals surface area contributed by atoms with E-state index < -0.39 is 80.6 Å². The zero-order valence-electron chi connectivity index (χ0n) is 21.3. The number of ether oxygens (including phenoxy) is 2. The van der Waals surface area contributed by atoms with Crippen LogP contribution in [0.5, 0.6) is 5.75 Å². The number of nitrogens with one attached hydrogen (secondary N) is 1. The summed E-state index contributed by atoms with van der Waals surface area (Å²) in [6.07, 6.45) is -21.2. The minimum absolute atomic E-state index is 0.108. The van der Waals surface area contributed by atoms with E-state index in [1.54, 1.807) is 0 Å². The SMILES string of the molecule is CC(C(=O)OC(C(F)(F)F)C(F)(F)F)N(Oc1ccccc1)[P+](=O)OC[C@H]1O[C@@H](n2ccc(=O)[nH]c2=O)[C@](C)(F)[C@@H]1O. The van der Waals surface area contributed by atoms with Crippen LogP contribution in [0.15, 0.2) is 52.2 Å². The van der Waals surface area contributed by atoms with Crippen LogP contribution in [0.25, 0.3) is 0 Å². The second-order valence-corrected chi connectivity index (χ2v) is 10.1. The second-order valence-electron chi connectivity index (χ2n) is 8.96. The average molecular weight is 636 g/mol. The minimum Gasteiger partial charge on any atom is -0.441 e. The van der Waals surface area contributed by atoms with Gasteiger partial charge in [-0.3, -0.25) is 19.1 Å². The van der Waals surface area contributed by atoms with Gasteiger partial charge in [0, 0.05) is 12.3 Å². The number of aromatic amines is 1. The van der Waals surface area contributed by atoms with Gasteiger partial charge in [0.05, 0.1) is 0 Å². The van der Waals surface area contributed by atoms with Gasteiger partial charge >= 0.3 is 32.2 Å². The number of rotatable bonds is 10. The van der Waals surface area contributed by atoms with Crippen LogP contribution in [0.2, 0.25) is 0 Å². The minimum atomic E-state index is -6.03. The summed E-state index contributed by atoms with van der Waals surface area (Å²) >= 11 is 0. The number of aliphatic hydroxyl groups excluding tert-OH is 1. The Morgan fingerprint density at radius 1 is 1.17 bits per heavy atom. The average Bonchev–Trinajstić information content (AvgIpc) is 3.11. The Bertz CT molecular complexity index is 1370. The van der Waals surface area contributed by atoms with E-state index in [1.807, 2.05) is 4.98 Å². The maximum absolute atomic E-state index is 15.4. The van der Waals surface area contributed by atoms with E-state index in [4.69, 9.17) is 14.1 Å². The van der Waals surface area contributed by atoms with Gasteiger partial charge in [0.15, 0.2) is 23.7 Å². The topological polar surface area (TPSA) is 149 Å². The van der Waals surface area contributed by atoms with Gasteiger partial charge in [-0.05, 0) is 30.5 Å². The van der Waals surface area contributed by atoms with Crippen LogP contribution in [-0.4, -0.2) is 74.4 Å². The van der Waals surface area contributed by atoms with Crippen LogP contribution in [0.4, 0.5) is 30.7 Å². The van der Waals surface area contributed by atoms with Crippen molar-refractivity contribution < 1.29 is 64.0 Å². The molecule has 1 aromatic carbocycles. The molecule has 42 heavy (non-hydrogen) atoms. The first-order valence-electron chi connectivity index (χ1n) is 11.6. The third-order valence-corrected chi connectivity index (χ3v) is 6.89. The van der Waals surface area contributed by atoms with Crippen molar-refractivity contribution in [2.45, 2.75) is 62.5 Å². The first kappa shape index (κ1) is 33.1. The zero-order chi connectivity index (χ0) is 31.6. The number of halogens is 7. The van der Waals surface area contributed by atoms with Gasteiger partial charge in [0.25, 0.3) is 11.7 Å². The maximum Gasteiger partial charge on any atom is 0.653 e. The third-order valence-electron chi connectivity index (χ3n) is 5.77. The molecule has 12 nitrogen and oxygen atoms in total. The number of esters is 1. The summed E-state index contributed by atoms with van der Waals surface area (Å²) in [4.78, 5) is 42.9. The summed E-state index contributed by atoms with van der Waals surface area (Å²) in [7, 11) is -3.50. The van der Waals surface area contributed by atoms with Crippen molar-refractivity contribution in [2.24, 2.45) is 0 Å². The van der Waals surface area contributed by atoms with Crippen molar-refractivity contribution in [3.05, 3.63) is 63.4 Å². The lowest BCUT2D eigenvalue weighted by molar-refractivity contribution is -0.314. The number of nitrogens with zero attached hydrogens (tertiary/aromatic N) is 2. The molecule has 0 saturated carbocycles. The quantitative estimate of drug-likeness (QED) is 0.173. The fourth-order valence-electron chi connectivity index (χ4n) is 3.62. The summed E-state index contributed by atoms with van der Waals surface area (Å²) in [5.74, 6) is -2.33. The van der Waals surface area contributed by atoms with Crippen LogP contribution in [0.3, 0.4) is 0 Å². The Morgan fingerprint density at radius 3 is 2.31 bits per heavy atom. The molecule has 2 N–H and O–H groups in total. The molecule has 0 amide bonds. The molecule has 0 bridgehead atoms. The highest BCUT2D eigenvalue weighted by atomic mass is 31.1. The molecule has 1 aliphatic rings. The van der Waals surface area contributed by atoms with E-state index in [2.05, 4.69) is 4.74 Å². The number of carbonyl (C=O) groups excluding carboxylic acids is 1. The summed E-state index contributed by atoms with van der Waals surface area (Å²) in [6, 6.07) is 5.39. The van der Waals surface area contributed by atoms with Crippen LogP contribution < -0.4 is 16.1 Å². The molecule has 0 aliphatic carbocycles. The van der Waals surface area contributed by atoms with Crippen molar-refractivity contribution in [3.8, 4) is 5.75 Å². The molecule has 1 aliphatic heterocycles. The number of H-pyrrole nitrogens is 1. The number of aliphatic hydroxyl groups is 1. The molecule has 0 spiro atoms. The molecule has 20 heteroatoms. The molecular weight excluding hydrogens is 614 g/mol. The van der Waals surface area contributed by atoms with Gasteiger partial charge in [-0.15, -0.1) is 4.52 Å². The standard InChI is InChI=1S/C22H21F7N3O9P/c1-11(16(35)40-17(21(24,25)26)22(27,28)29)32(41-12-6-4-3-5-7-12)42(37)38-10-13-15(34)20(2,23)18(39-13)31-9-8-14(33)30-19(31)36/h3-9,11,13,15,17-18,34H,10H2,1-2H3/p+1/t11?,13-,15-,18-,20-/m1/s1. The smallest absolute Gasteiger partial charge is 0.441 e. The zero-order valence-corrected chi connectivity index (χ0v) is 22.2.